The molecule has 0 fully saturated rings. The molecule has 18 heavy (non-hydrogen) atoms. The number of ether oxygens (including phenoxy) is 2. The van der Waals surface area contributed by atoms with Gasteiger partial charge in [-0.15, -0.1) is 0 Å². The van der Waals surface area contributed by atoms with Crippen LogP contribution >= 0.6 is 15.9 Å². The smallest absolute Gasteiger partial charge is 0.331 e. The Labute approximate surface area is 115 Å². The van der Waals surface area contributed by atoms with Crippen molar-refractivity contribution in [3.05, 3.63) is 28.5 Å². The van der Waals surface area contributed by atoms with E-state index in [1.54, 1.807) is 25.4 Å². The molecule has 0 spiro atoms. The lowest BCUT2D eigenvalue weighted by atomic mass is 10.2. The fourth-order valence-electron chi connectivity index (χ4n) is 1.17. The van der Waals surface area contributed by atoms with Gasteiger partial charge in [0.15, 0.2) is 0 Å². The number of pyridine rings is 1. The zero-order chi connectivity index (χ0) is 13.8. The quantitative estimate of drug-likeness (QED) is 0.635. The number of esters is 1. The molecule has 0 aliphatic rings. The molecule has 1 aromatic heterocycles. The molecular weight excluding hydrogens is 298 g/mol. The van der Waals surface area contributed by atoms with E-state index >= 15 is 0 Å². The Balaban J connectivity index is 2.76. The highest BCUT2D eigenvalue weighted by Crippen LogP contribution is 2.24. The first kappa shape index (κ1) is 14.7. The number of hydrogen-bond donors (Lipinski definition) is 0. The normalized spacial score (nSPS) is 11.6. The van der Waals surface area contributed by atoms with Crippen LogP contribution in [-0.2, 0) is 9.53 Å². The van der Waals surface area contributed by atoms with Gasteiger partial charge in [-0.1, -0.05) is 0 Å². The van der Waals surface area contributed by atoms with E-state index in [0.717, 1.165) is 4.47 Å². The van der Waals surface area contributed by atoms with Gasteiger partial charge in [0.05, 0.1) is 17.3 Å². The molecule has 0 unspecified atom stereocenters. The van der Waals surface area contributed by atoms with Crippen LogP contribution in [0.2, 0.25) is 0 Å². The Kier molecular flexibility index (Phi) is 4.90. The van der Waals surface area contributed by atoms with E-state index in [4.69, 9.17) is 9.47 Å². The average molecular weight is 314 g/mol. The SMILES string of the molecule is COc1cc(/C=C/C(=O)OC(C)(C)C)ncc1Br. The van der Waals surface area contributed by atoms with Crippen LogP contribution in [0.1, 0.15) is 26.5 Å². The van der Waals surface area contributed by atoms with Crippen molar-refractivity contribution in [1.29, 1.82) is 0 Å². The van der Waals surface area contributed by atoms with Crippen molar-refractivity contribution in [2.24, 2.45) is 0 Å². The summed E-state index contributed by atoms with van der Waals surface area (Å²) in [7, 11) is 1.57. The summed E-state index contributed by atoms with van der Waals surface area (Å²) in [6.07, 6.45) is 4.55. The van der Waals surface area contributed by atoms with Crippen LogP contribution in [-0.4, -0.2) is 23.7 Å². The third-order valence-electron chi connectivity index (χ3n) is 1.86. The molecular formula is C13H16BrNO3. The number of carbonyl (C=O) groups excluding carboxylic acids is 1. The molecule has 0 saturated carbocycles. The lowest BCUT2D eigenvalue weighted by Gasteiger charge is -2.17. The summed E-state index contributed by atoms with van der Waals surface area (Å²) in [5, 5.41) is 0. The molecule has 0 aliphatic heterocycles. The minimum absolute atomic E-state index is 0.397. The van der Waals surface area contributed by atoms with E-state index in [1.165, 1.54) is 6.08 Å². The lowest BCUT2D eigenvalue weighted by Crippen LogP contribution is -2.22. The molecule has 5 heteroatoms. The number of methoxy groups -OCH3 is 1. The van der Waals surface area contributed by atoms with E-state index in [2.05, 4.69) is 20.9 Å². The van der Waals surface area contributed by atoms with Crippen molar-refractivity contribution < 1.29 is 14.3 Å². The standard InChI is InChI=1S/C13H16BrNO3/c1-13(2,3)18-12(16)6-5-9-7-11(17-4)10(14)8-15-9/h5-8H,1-4H3/b6-5+. The third-order valence-corrected chi connectivity index (χ3v) is 2.45. The Hall–Kier alpha value is -1.36. The van der Waals surface area contributed by atoms with Crippen LogP contribution in [0.3, 0.4) is 0 Å². The van der Waals surface area contributed by atoms with Gasteiger partial charge in [0.1, 0.15) is 11.4 Å². The summed E-state index contributed by atoms with van der Waals surface area (Å²) >= 11 is 3.31. The predicted octanol–water partition coefficient (Wildman–Crippen LogP) is 3.21. The van der Waals surface area contributed by atoms with Gasteiger partial charge >= 0.3 is 5.97 Å². The van der Waals surface area contributed by atoms with Crippen molar-refractivity contribution in [3.63, 3.8) is 0 Å². The molecule has 1 heterocycles. The summed E-state index contributed by atoms with van der Waals surface area (Å²) in [4.78, 5) is 15.6. The van der Waals surface area contributed by atoms with Gasteiger partial charge in [-0.25, -0.2) is 4.79 Å². The minimum atomic E-state index is -0.494. The minimum Gasteiger partial charge on any atom is -0.495 e. The van der Waals surface area contributed by atoms with Crippen molar-refractivity contribution in [3.8, 4) is 5.75 Å². The average Bonchev–Trinajstić information content (AvgIpc) is 2.25. The molecule has 0 aliphatic carbocycles. The molecule has 4 nitrogen and oxygen atoms in total. The summed E-state index contributed by atoms with van der Waals surface area (Å²) < 4.78 is 11.0. The first-order valence-corrected chi connectivity index (χ1v) is 6.22. The third kappa shape index (κ3) is 4.87. The summed E-state index contributed by atoms with van der Waals surface area (Å²) in [5.74, 6) is 0.264. The number of aromatic nitrogens is 1. The van der Waals surface area contributed by atoms with Crippen molar-refractivity contribution in [1.82, 2.24) is 4.98 Å². The second-order valence-electron chi connectivity index (χ2n) is 4.61. The molecule has 0 radical (unpaired) electrons. The molecule has 0 N–H and O–H groups in total. The maximum Gasteiger partial charge on any atom is 0.331 e. The number of carbonyl (C=O) groups is 1. The van der Waals surface area contributed by atoms with Gasteiger partial charge in [0.25, 0.3) is 0 Å². The highest BCUT2D eigenvalue weighted by molar-refractivity contribution is 9.10. The Morgan fingerprint density at radius 3 is 2.67 bits per heavy atom. The Bertz CT molecular complexity index is 464. The van der Waals surface area contributed by atoms with Crippen LogP contribution in [0.25, 0.3) is 6.08 Å². The van der Waals surface area contributed by atoms with Gasteiger partial charge in [-0.3, -0.25) is 4.98 Å². The second-order valence-corrected chi connectivity index (χ2v) is 5.46. The van der Waals surface area contributed by atoms with Crippen LogP contribution in [0, 0.1) is 0 Å². The zero-order valence-corrected chi connectivity index (χ0v) is 12.4. The van der Waals surface area contributed by atoms with E-state index in [0.29, 0.717) is 11.4 Å². The molecule has 0 atom stereocenters. The van der Waals surface area contributed by atoms with E-state index in [1.807, 2.05) is 20.8 Å². The summed E-state index contributed by atoms with van der Waals surface area (Å²) in [6.45, 7) is 5.46. The molecule has 0 saturated heterocycles. The van der Waals surface area contributed by atoms with Crippen molar-refractivity contribution >= 4 is 28.0 Å². The Morgan fingerprint density at radius 2 is 2.11 bits per heavy atom. The van der Waals surface area contributed by atoms with E-state index < -0.39 is 11.6 Å². The van der Waals surface area contributed by atoms with E-state index in [9.17, 15) is 4.79 Å². The summed E-state index contributed by atoms with van der Waals surface area (Å²) in [6, 6.07) is 1.73. The van der Waals surface area contributed by atoms with Gasteiger partial charge in [0.2, 0.25) is 0 Å². The Morgan fingerprint density at radius 1 is 1.44 bits per heavy atom. The zero-order valence-electron chi connectivity index (χ0n) is 10.9. The van der Waals surface area contributed by atoms with Gasteiger partial charge in [-0.05, 0) is 42.8 Å². The number of rotatable bonds is 3. The number of hydrogen-bond acceptors (Lipinski definition) is 4. The highest BCUT2D eigenvalue weighted by Gasteiger charge is 2.13. The van der Waals surface area contributed by atoms with Crippen LogP contribution in [0.5, 0.6) is 5.75 Å². The van der Waals surface area contributed by atoms with Crippen molar-refractivity contribution in [2.45, 2.75) is 26.4 Å². The van der Waals surface area contributed by atoms with Crippen molar-refractivity contribution in [2.75, 3.05) is 7.11 Å². The maximum absolute atomic E-state index is 11.5. The maximum atomic E-state index is 11.5. The van der Waals surface area contributed by atoms with Crippen LogP contribution in [0.15, 0.2) is 22.8 Å². The second kappa shape index (κ2) is 6.00. The van der Waals surface area contributed by atoms with E-state index in [-0.39, 0.29) is 0 Å². The van der Waals surface area contributed by atoms with Gasteiger partial charge < -0.3 is 9.47 Å². The first-order chi connectivity index (χ1) is 8.31. The molecule has 1 rings (SSSR count). The lowest BCUT2D eigenvalue weighted by molar-refractivity contribution is -0.148. The monoisotopic (exact) mass is 313 g/mol. The molecule has 0 amide bonds. The largest absolute Gasteiger partial charge is 0.495 e. The van der Waals surface area contributed by atoms with Gasteiger partial charge in [-0.2, -0.15) is 0 Å². The van der Waals surface area contributed by atoms with Crippen LogP contribution < -0.4 is 4.74 Å². The highest BCUT2D eigenvalue weighted by atomic mass is 79.9. The molecule has 0 aromatic carbocycles. The van der Waals surface area contributed by atoms with Gasteiger partial charge in [0, 0.05) is 18.3 Å². The van der Waals surface area contributed by atoms with Crippen LogP contribution in [0.4, 0.5) is 0 Å². The number of halogens is 1. The number of nitrogens with zero attached hydrogens (tertiary/aromatic N) is 1. The topological polar surface area (TPSA) is 48.4 Å². The molecule has 0 bridgehead atoms. The predicted molar refractivity (Wildman–Crippen MR) is 73.4 cm³/mol. The first-order valence-electron chi connectivity index (χ1n) is 5.42. The fourth-order valence-corrected chi connectivity index (χ4v) is 1.55. The molecule has 1 aromatic rings. The summed E-state index contributed by atoms with van der Waals surface area (Å²) in [5.41, 5.74) is 0.132. The molecule has 98 valence electrons. The fraction of sp³-hybridized carbons (Fsp3) is 0.385.